The Kier molecular flexibility index (Phi) is 31.6. The highest BCUT2D eigenvalue weighted by Gasteiger charge is 1.99. The predicted octanol–water partition coefficient (Wildman–Crippen LogP) is 7.49. The van der Waals surface area contributed by atoms with Gasteiger partial charge in [-0.1, -0.05) is 96.6 Å². The summed E-state index contributed by atoms with van der Waals surface area (Å²) in [6, 6.07) is 0. The van der Waals surface area contributed by atoms with E-state index in [1.54, 1.807) is 0 Å². The maximum Gasteiger partial charge on any atom is 0.435 e. The summed E-state index contributed by atoms with van der Waals surface area (Å²) in [6.07, 6.45) is 28.6. The fourth-order valence-corrected chi connectivity index (χ4v) is 4.29. The van der Waals surface area contributed by atoms with Crippen molar-refractivity contribution >= 4 is 10.0 Å². The largest absolute Gasteiger partial charge is 0.435 e. The minimum Gasteiger partial charge on any atom is -0.393 e. The molecule has 0 aromatic heterocycles. The van der Waals surface area contributed by atoms with Crippen LogP contribution in [-0.4, -0.2) is 54.3 Å². The van der Waals surface area contributed by atoms with E-state index in [1.165, 1.54) is 96.3 Å². The van der Waals surface area contributed by atoms with Gasteiger partial charge in [0.2, 0.25) is 0 Å². The van der Waals surface area contributed by atoms with Crippen LogP contribution in [0.4, 0.5) is 0 Å². The van der Waals surface area contributed by atoms with Crippen LogP contribution in [0.15, 0.2) is 12.2 Å². The van der Waals surface area contributed by atoms with Crippen molar-refractivity contribution in [2.24, 2.45) is 0 Å². The van der Waals surface area contributed by atoms with Crippen LogP contribution in [0.2, 0.25) is 0 Å². The van der Waals surface area contributed by atoms with Crippen molar-refractivity contribution in [3.8, 4) is 0 Å². The molecule has 0 rings (SSSR count). The van der Waals surface area contributed by atoms with Crippen molar-refractivity contribution in [1.29, 1.82) is 0 Å². The lowest BCUT2D eigenvalue weighted by Gasteiger charge is -2.09. The van der Waals surface area contributed by atoms with Gasteiger partial charge in [0.05, 0.1) is 6.10 Å². The van der Waals surface area contributed by atoms with Gasteiger partial charge >= 0.3 is 10.0 Å². The van der Waals surface area contributed by atoms with E-state index >= 15 is 0 Å². The van der Waals surface area contributed by atoms with Crippen molar-refractivity contribution in [1.82, 2.24) is 5.32 Å². The summed E-state index contributed by atoms with van der Waals surface area (Å²) in [6.45, 7) is 7.86. The minimum atomic E-state index is -0.208. The van der Waals surface area contributed by atoms with Gasteiger partial charge in [-0.2, -0.15) is 0 Å². The molecule has 0 spiro atoms. The molecule has 6 heteroatoms. The van der Waals surface area contributed by atoms with E-state index in [4.69, 9.17) is 13.6 Å². The number of nitrogens with one attached hydrogen (secondary N) is 1. The highest BCUT2D eigenvalue weighted by molar-refractivity contribution is 6.17. The lowest BCUT2D eigenvalue weighted by molar-refractivity contribution is 0.00309. The van der Waals surface area contributed by atoms with Crippen molar-refractivity contribution in [2.45, 2.75) is 142 Å². The molecule has 2 N–H and O–H groups in total. The van der Waals surface area contributed by atoms with Gasteiger partial charge in [-0.05, 0) is 57.9 Å². The molecule has 1 unspecified atom stereocenters. The van der Waals surface area contributed by atoms with Gasteiger partial charge in [0.1, 0.15) is 6.79 Å². The average molecular weight is 514 g/mol. The third-order valence-corrected chi connectivity index (χ3v) is 6.82. The molecule has 2 radical (unpaired) electrons. The Bertz CT molecular complexity index is 412. The number of unbranched alkanes of at least 4 members (excludes halogenated alkanes) is 15. The Morgan fingerprint density at radius 3 is 1.91 bits per heavy atom. The van der Waals surface area contributed by atoms with E-state index in [9.17, 15) is 5.11 Å². The third kappa shape index (κ3) is 31.7. The van der Waals surface area contributed by atoms with E-state index in [-0.39, 0.29) is 16.1 Å². The number of allylic oxidation sites excluding steroid dienone is 2. The van der Waals surface area contributed by atoms with Crippen LogP contribution in [0, 0.1) is 0 Å². The normalized spacial score (nSPS) is 12.7. The third-order valence-electron chi connectivity index (χ3n) is 6.26. The minimum absolute atomic E-state index is 0.0812. The Morgan fingerprint density at radius 1 is 0.686 bits per heavy atom. The van der Waals surface area contributed by atoms with Gasteiger partial charge in [0, 0.05) is 19.8 Å². The molecule has 0 aliphatic carbocycles. The van der Waals surface area contributed by atoms with Gasteiger partial charge in [-0.3, -0.25) is 0 Å². The zero-order valence-corrected chi connectivity index (χ0v) is 24.4. The van der Waals surface area contributed by atoms with E-state index < -0.39 is 0 Å². The highest BCUT2D eigenvalue weighted by Crippen LogP contribution is 2.10. The molecule has 0 aliphatic heterocycles. The number of ether oxygens (including phenoxy) is 1. The number of hydrogen-bond donors (Lipinski definition) is 2. The number of hydrogen-bond acceptors (Lipinski definition) is 5. The molecule has 1 atom stereocenters. The first-order valence-electron chi connectivity index (χ1n) is 14.9. The van der Waals surface area contributed by atoms with Crippen LogP contribution < -0.4 is 5.32 Å². The van der Waals surface area contributed by atoms with Crippen molar-refractivity contribution in [3.63, 3.8) is 0 Å². The van der Waals surface area contributed by atoms with Crippen molar-refractivity contribution in [2.75, 3.05) is 33.1 Å². The quantitative estimate of drug-likeness (QED) is 0.0451. The maximum atomic E-state index is 9.46. The molecule has 5 nitrogen and oxygen atoms in total. The number of aliphatic hydroxyl groups excluding tert-OH is 1. The van der Waals surface area contributed by atoms with Gasteiger partial charge in [0.15, 0.2) is 0 Å². The zero-order chi connectivity index (χ0) is 25.5. The van der Waals surface area contributed by atoms with Gasteiger partial charge in [0.25, 0.3) is 0 Å². The molecule has 0 bridgehead atoms. The average Bonchev–Trinajstić information content (AvgIpc) is 2.87. The van der Waals surface area contributed by atoms with E-state index in [2.05, 4.69) is 24.4 Å². The molecule has 0 aromatic rings. The SMILES string of the molecule is CCCCCCCCC=CCCCCCCCCOCO[Si]OCCCCCCNCC(O)CC. The first-order valence-corrected chi connectivity index (χ1v) is 15.7. The Balaban J connectivity index is 3.07. The second kappa shape index (κ2) is 31.8. The van der Waals surface area contributed by atoms with Crippen molar-refractivity contribution < 1.29 is 18.7 Å². The molecule has 208 valence electrons. The van der Waals surface area contributed by atoms with E-state index in [0.29, 0.717) is 13.3 Å². The molecule has 0 aromatic carbocycles. The smallest absolute Gasteiger partial charge is 0.393 e. The summed E-state index contributed by atoms with van der Waals surface area (Å²) in [7, 11) is 0.0812. The summed E-state index contributed by atoms with van der Waals surface area (Å²) in [5.41, 5.74) is 0. The molecule has 0 aliphatic rings. The fourth-order valence-electron chi connectivity index (χ4n) is 3.85. The molecular weight excluding hydrogens is 454 g/mol. The molecule has 0 fully saturated rings. The first kappa shape index (κ1) is 34.8. The summed E-state index contributed by atoms with van der Waals surface area (Å²) < 4.78 is 16.4. The van der Waals surface area contributed by atoms with Gasteiger partial charge in [-0.25, -0.2) is 0 Å². The summed E-state index contributed by atoms with van der Waals surface area (Å²) in [5.74, 6) is 0. The lowest BCUT2D eigenvalue weighted by atomic mass is 10.1. The molecule has 0 heterocycles. The highest BCUT2D eigenvalue weighted by atomic mass is 28.3. The predicted molar refractivity (Wildman–Crippen MR) is 151 cm³/mol. The topological polar surface area (TPSA) is 60.0 Å². The number of aliphatic hydroxyl groups is 1. The Morgan fingerprint density at radius 2 is 1.26 bits per heavy atom. The fraction of sp³-hybridized carbons (Fsp3) is 0.931. The Labute approximate surface area is 221 Å². The molecule has 0 saturated carbocycles. The molecular formula is C29H59NO4Si. The van der Waals surface area contributed by atoms with Gasteiger partial charge in [-0.15, -0.1) is 0 Å². The van der Waals surface area contributed by atoms with E-state index in [1.807, 2.05) is 6.92 Å². The zero-order valence-electron chi connectivity index (χ0n) is 23.4. The standard InChI is InChI=1S/C29H59NO4Si/c1-3-5-6-7-8-9-10-11-12-13-14-15-16-17-19-22-25-32-28-34-35-33-26-23-20-18-21-24-30-27-29(31)4-2/h11-12,29-31H,3-10,13-28H2,1-2H3. The second-order valence-corrected chi connectivity index (χ2v) is 10.5. The Hall–Kier alpha value is -0.243. The molecule has 35 heavy (non-hydrogen) atoms. The first-order chi connectivity index (χ1) is 17.3. The summed E-state index contributed by atoms with van der Waals surface area (Å²) in [4.78, 5) is 0. The van der Waals surface area contributed by atoms with Crippen LogP contribution in [0.1, 0.15) is 136 Å². The van der Waals surface area contributed by atoms with Crippen LogP contribution in [0.3, 0.4) is 0 Å². The van der Waals surface area contributed by atoms with Crippen LogP contribution >= 0.6 is 0 Å². The molecule has 0 amide bonds. The van der Waals surface area contributed by atoms with Crippen molar-refractivity contribution in [3.05, 3.63) is 12.2 Å². The maximum absolute atomic E-state index is 9.46. The van der Waals surface area contributed by atoms with Crippen LogP contribution in [-0.2, 0) is 13.6 Å². The monoisotopic (exact) mass is 513 g/mol. The van der Waals surface area contributed by atoms with Crippen LogP contribution in [0.25, 0.3) is 0 Å². The number of rotatable bonds is 30. The summed E-state index contributed by atoms with van der Waals surface area (Å²) >= 11 is 0. The molecule has 0 saturated heterocycles. The van der Waals surface area contributed by atoms with E-state index in [0.717, 1.165) is 45.4 Å². The lowest BCUT2D eigenvalue weighted by Crippen LogP contribution is -2.26. The second-order valence-electron chi connectivity index (χ2n) is 9.72. The van der Waals surface area contributed by atoms with Gasteiger partial charge < -0.3 is 24.0 Å². The van der Waals surface area contributed by atoms with Crippen LogP contribution in [0.5, 0.6) is 0 Å². The summed E-state index contributed by atoms with van der Waals surface area (Å²) in [5, 5.41) is 12.7.